The number of cyclic esters (lactones) is 1. The zero-order chi connectivity index (χ0) is 19.7. The van der Waals surface area contributed by atoms with Gasteiger partial charge in [-0.25, -0.2) is 0 Å². The van der Waals surface area contributed by atoms with Crippen LogP contribution in [0.25, 0.3) is 0 Å². The fourth-order valence-electron chi connectivity index (χ4n) is 3.97. The first kappa shape index (κ1) is 27.5. The third kappa shape index (κ3) is 12.1. The first-order valence-corrected chi connectivity index (χ1v) is 11.5. The van der Waals surface area contributed by atoms with Gasteiger partial charge in [0, 0.05) is 6.42 Å². The summed E-state index contributed by atoms with van der Waals surface area (Å²) in [4.78, 5) is 22.6. The molecule has 1 heterocycles. The van der Waals surface area contributed by atoms with E-state index in [-0.39, 0.29) is 41.5 Å². The Morgan fingerprint density at radius 3 is 1.96 bits per heavy atom. The van der Waals surface area contributed by atoms with Gasteiger partial charge in [0.1, 0.15) is 12.2 Å². The van der Waals surface area contributed by atoms with E-state index in [0.29, 0.717) is 12.9 Å². The van der Waals surface area contributed by atoms with Crippen LogP contribution in [0.1, 0.15) is 117 Å². The lowest BCUT2D eigenvalue weighted by Gasteiger charge is -2.37. The van der Waals surface area contributed by atoms with Crippen molar-refractivity contribution in [3.8, 4) is 0 Å². The normalized spacial score (nSPS) is 19.3. The second kappa shape index (κ2) is 18.5. The summed E-state index contributed by atoms with van der Waals surface area (Å²) in [6.07, 6.45) is 18.6. The molecule has 0 aromatic rings. The maximum absolute atomic E-state index is 11.7. The van der Waals surface area contributed by atoms with Gasteiger partial charge in [0.05, 0.1) is 5.92 Å². The van der Waals surface area contributed by atoms with Crippen LogP contribution in [-0.2, 0) is 19.1 Å². The molecule has 1 aliphatic heterocycles. The molecule has 1 saturated heterocycles. The van der Waals surface area contributed by atoms with E-state index in [2.05, 4.69) is 13.8 Å². The minimum atomic E-state index is -0.108. The molecule has 1 fully saturated rings. The molecule has 5 heteroatoms. The van der Waals surface area contributed by atoms with Crippen LogP contribution in [0.5, 0.6) is 0 Å². The summed E-state index contributed by atoms with van der Waals surface area (Å²) in [6.45, 7) is 4.99. The van der Waals surface area contributed by atoms with Crippen molar-refractivity contribution in [1.82, 2.24) is 0 Å². The second-order valence-electron chi connectivity index (χ2n) is 8.14. The maximum Gasteiger partial charge on any atom is 0.313 e. The van der Waals surface area contributed by atoms with Gasteiger partial charge in [-0.05, 0) is 19.3 Å². The summed E-state index contributed by atoms with van der Waals surface area (Å²) in [7, 11) is 0. The largest absolute Gasteiger partial charge is 0.464 e. The number of rotatable bonds is 19. The zero-order valence-electron chi connectivity index (χ0n) is 17.8. The van der Waals surface area contributed by atoms with Gasteiger partial charge in [0.25, 0.3) is 6.47 Å². The average Bonchev–Trinajstić information content (AvgIpc) is 2.66. The van der Waals surface area contributed by atoms with Crippen LogP contribution in [0.3, 0.4) is 0 Å². The Morgan fingerprint density at radius 2 is 1.43 bits per heavy atom. The van der Waals surface area contributed by atoms with Crippen molar-refractivity contribution in [2.45, 2.75) is 129 Å². The van der Waals surface area contributed by atoms with E-state index in [9.17, 15) is 9.59 Å². The quantitative estimate of drug-likeness (QED) is 0.127. The van der Waals surface area contributed by atoms with Crippen molar-refractivity contribution in [2.75, 3.05) is 0 Å². The van der Waals surface area contributed by atoms with Crippen LogP contribution in [-0.4, -0.2) is 42.0 Å². The number of ether oxygens (including phenoxy) is 2. The van der Waals surface area contributed by atoms with Crippen molar-refractivity contribution >= 4 is 29.8 Å². The van der Waals surface area contributed by atoms with Crippen molar-refractivity contribution < 1.29 is 19.1 Å². The van der Waals surface area contributed by atoms with E-state index in [1.54, 1.807) is 0 Å². The summed E-state index contributed by atoms with van der Waals surface area (Å²) < 4.78 is 10.6. The molecule has 0 aliphatic carbocycles. The molecule has 1 unspecified atom stereocenters. The highest BCUT2D eigenvalue weighted by molar-refractivity contribution is 5.78. The van der Waals surface area contributed by atoms with Gasteiger partial charge in [-0.15, -0.1) is 0 Å². The molecule has 0 aromatic carbocycles. The topological polar surface area (TPSA) is 52.6 Å². The second-order valence-corrected chi connectivity index (χ2v) is 8.14. The molecule has 0 radical (unpaired) electrons. The molecule has 164 valence electrons. The van der Waals surface area contributed by atoms with Crippen molar-refractivity contribution in [3.63, 3.8) is 0 Å². The van der Waals surface area contributed by atoms with Crippen LogP contribution >= 0.6 is 0 Å². The molecule has 0 saturated carbocycles. The fourth-order valence-corrected chi connectivity index (χ4v) is 3.97. The standard InChI is InChI=1S/C23H42O4.Al.3H/c1-3-5-7-9-10-11-12-13-14-16-20(26-19-24)18-22-21(23(25)27-22)17-15-8-6-4-2;;;;/h19-22H,3-18H2,1-2H3;;;;/t20?,21-,22-;;;;/m0..../s1. The summed E-state index contributed by atoms with van der Waals surface area (Å²) in [5.74, 6) is -0.0489. The lowest BCUT2D eigenvalue weighted by Crippen LogP contribution is -2.47. The van der Waals surface area contributed by atoms with E-state index in [1.165, 1.54) is 70.6 Å². The highest BCUT2D eigenvalue weighted by Gasteiger charge is 2.42. The predicted octanol–water partition coefficient (Wildman–Crippen LogP) is 5.17. The fraction of sp³-hybridized carbons (Fsp3) is 0.913. The van der Waals surface area contributed by atoms with Crippen LogP contribution in [0.15, 0.2) is 0 Å². The Hall–Kier alpha value is -0.528. The van der Waals surface area contributed by atoms with Gasteiger partial charge in [-0.2, -0.15) is 0 Å². The van der Waals surface area contributed by atoms with Crippen LogP contribution in [0.2, 0.25) is 0 Å². The zero-order valence-corrected chi connectivity index (χ0v) is 17.8. The molecule has 0 amide bonds. The van der Waals surface area contributed by atoms with E-state index in [4.69, 9.17) is 9.47 Å². The van der Waals surface area contributed by atoms with E-state index in [1.807, 2.05) is 0 Å². The van der Waals surface area contributed by atoms with Crippen molar-refractivity contribution in [2.24, 2.45) is 5.92 Å². The third-order valence-corrected chi connectivity index (χ3v) is 5.76. The smallest absolute Gasteiger partial charge is 0.313 e. The Balaban J connectivity index is 0.00000729. The Kier molecular flexibility index (Phi) is 18.1. The van der Waals surface area contributed by atoms with Gasteiger partial charge in [-0.1, -0.05) is 90.9 Å². The maximum atomic E-state index is 11.7. The van der Waals surface area contributed by atoms with E-state index < -0.39 is 0 Å². The number of carbonyl (C=O) groups is 2. The molecule has 0 aromatic heterocycles. The summed E-state index contributed by atoms with van der Waals surface area (Å²) in [6, 6.07) is 0. The molecule has 4 nitrogen and oxygen atoms in total. The Morgan fingerprint density at radius 1 is 0.893 bits per heavy atom. The summed E-state index contributed by atoms with van der Waals surface area (Å²) in [5.41, 5.74) is 0. The lowest BCUT2D eigenvalue weighted by molar-refractivity contribution is -0.189. The number of hydrogen-bond donors (Lipinski definition) is 0. The van der Waals surface area contributed by atoms with Gasteiger partial charge < -0.3 is 9.47 Å². The molecule has 3 atom stereocenters. The van der Waals surface area contributed by atoms with E-state index >= 15 is 0 Å². The molecular formula is C23H45AlO4. The van der Waals surface area contributed by atoms with Crippen molar-refractivity contribution in [1.29, 1.82) is 0 Å². The SMILES string of the molecule is CCCCCCCCCCCC(C[C@@H]1OC(=O)[C@H]1CCCCCC)OC=O.[AlH3]. The molecule has 0 N–H and O–H groups in total. The Bertz CT molecular complexity index is 389. The van der Waals surface area contributed by atoms with Gasteiger partial charge in [-0.3, -0.25) is 9.59 Å². The van der Waals surface area contributed by atoms with Gasteiger partial charge >= 0.3 is 5.97 Å². The molecule has 0 spiro atoms. The Labute approximate surface area is 183 Å². The number of hydrogen-bond acceptors (Lipinski definition) is 4. The molecule has 1 rings (SSSR count). The lowest BCUT2D eigenvalue weighted by atomic mass is 9.86. The monoisotopic (exact) mass is 412 g/mol. The van der Waals surface area contributed by atoms with Gasteiger partial charge in [0.15, 0.2) is 17.4 Å². The molecule has 1 aliphatic rings. The van der Waals surface area contributed by atoms with Crippen LogP contribution in [0, 0.1) is 5.92 Å². The molecule has 0 bridgehead atoms. The minimum Gasteiger partial charge on any atom is -0.464 e. The molecular weight excluding hydrogens is 367 g/mol. The van der Waals surface area contributed by atoms with Gasteiger partial charge in [0.2, 0.25) is 0 Å². The highest BCUT2D eigenvalue weighted by atomic mass is 27.0. The van der Waals surface area contributed by atoms with Crippen LogP contribution < -0.4 is 0 Å². The first-order valence-electron chi connectivity index (χ1n) is 11.5. The molecule has 28 heavy (non-hydrogen) atoms. The van der Waals surface area contributed by atoms with Crippen LogP contribution in [0.4, 0.5) is 0 Å². The third-order valence-electron chi connectivity index (χ3n) is 5.76. The summed E-state index contributed by atoms with van der Waals surface area (Å²) in [5, 5.41) is 0. The number of esters is 1. The minimum absolute atomic E-state index is 0. The number of unbranched alkanes of at least 4 members (excludes halogenated alkanes) is 11. The van der Waals surface area contributed by atoms with E-state index in [0.717, 1.165) is 25.7 Å². The van der Waals surface area contributed by atoms with Crippen molar-refractivity contribution in [3.05, 3.63) is 0 Å². The highest BCUT2D eigenvalue weighted by Crippen LogP contribution is 2.32. The average molecular weight is 413 g/mol. The first-order chi connectivity index (χ1) is 13.2. The predicted molar refractivity (Wildman–Crippen MR) is 119 cm³/mol. The number of carbonyl (C=O) groups excluding carboxylic acids is 2. The summed E-state index contributed by atoms with van der Waals surface area (Å²) >= 11 is 0.